The number of rotatable bonds is 10. The van der Waals surface area contributed by atoms with Gasteiger partial charge in [0.25, 0.3) is 5.91 Å². The molecular weight excluding hydrogens is 470 g/mol. The van der Waals surface area contributed by atoms with Crippen molar-refractivity contribution in [2.24, 2.45) is 0 Å². The highest BCUT2D eigenvalue weighted by Gasteiger charge is 2.25. The lowest BCUT2D eigenvalue weighted by Crippen LogP contribution is -2.47. The van der Waals surface area contributed by atoms with Gasteiger partial charge in [0, 0.05) is 12.0 Å². The third-order valence-corrected chi connectivity index (χ3v) is 5.61. The third-order valence-electron chi connectivity index (χ3n) is 5.61. The van der Waals surface area contributed by atoms with E-state index in [1.807, 2.05) is 66.7 Å². The smallest absolute Gasteiger partial charge is 0.344 e. The van der Waals surface area contributed by atoms with Gasteiger partial charge in [-0.25, -0.2) is 14.6 Å². The van der Waals surface area contributed by atoms with Crippen LogP contribution in [0.25, 0.3) is 0 Å². The van der Waals surface area contributed by atoms with Crippen LogP contribution in [0.4, 0.5) is 4.79 Å². The molecule has 2 amide bonds. The number of ether oxygens (including phenoxy) is 1. The van der Waals surface area contributed by atoms with Crippen molar-refractivity contribution in [3.05, 3.63) is 120 Å². The van der Waals surface area contributed by atoms with Gasteiger partial charge >= 0.3 is 12.0 Å². The summed E-state index contributed by atoms with van der Waals surface area (Å²) >= 11 is 0. The van der Waals surface area contributed by atoms with E-state index in [4.69, 9.17) is 4.74 Å². The van der Waals surface area contributed by atoms with Crippen molar-refractivity contribution in [3.8, 4) is 0 Å². The topological polar surface area (TPSA) is 115 Å². The zero-order valence-electron chi connectivity index (χ0n) is 20.1. The van der Waals surface area contributed by atoms with Gasteiger partial charge in [0.05, 0.1) is 6.04 Å². The highest BCUT2D eigenvalue weighted by atomic mass is 16.5. The van der Waals surface area contributed by atoms with Crippen LogP contribution in [0.1, 0.15) is 21.5 Å². The van der Waals surface area contributed by atoms with Gasteiger partial charge in [-0.2, -0.15) is 9.78 Å². The van der Waals surface area contributed by atoms with E-state index in [2.05, 4.69) is 20.7 Å². The fourth-order valence-electron chi connectivity index (χ4n) is 3.76. The molecule has 2 atom stereocenters. The van der Waals surface area contributed by atoms with E-state index in [0.717, 1.165) is 15.8 Å². The summed E-state index contributed by atoms with van der Waals surface area (Å²) in [6, 6.07) is 25.7. The molecule has 0 unspecified atom stereocenters. The average molecular weight is 498 g/mol. The number of nitrogens with zero attached hydrogens (tertiary/aromatic N) is 3. The van der Waals surface area contributed by atoms with Crippen molar-refractivity contribution >= 4 is 17.9 Å². The van der Waals surface area contributed by atoms with Gasteiger partial charge in [0.15, 0.2) is 0 Å². The summed E-state index contributed by atoms with van der Waals surface area (Å²) in [5.74, 6) is -0.887. The van der Waals surface area contributed by atoms with Crippen LogP contribution in [0.15, 0.2) is 104 Å². The molecule has 0 saturated carbocycles. The van der Waals surface area contributed by atoms with Crippen molar-refractivity contribution in [1.29, 1.82) is 0 Å². The van der Waals surface area contributed by atoms with Crippen LogP contribution in [-0.2, 0) is 22.4 Å². The standard InChI is InChI=1S/C28H27N5O4/c34-26(23-14-8-3-9-15-23)31-24(16-21-10-4-1-5-11-21)18-37-27(35)25(17-22-12-6-2-7-13-22)32-28(36)33-20-29-19-30-33/h1-15,19-20,24-25H,16-18H2,(H,31,34)(H,32,36)/t24-,25-/m0/s1. The van der Waals surface area contributed by atoms with Gasteiger partial charge in [-0.1, -0.05) is 78.9 Å². The summed E-state index contributed by atoms with van der Waals surface area (Å²) in [5, 5.41) is 9.44. The monoisotopic (exact) mass is 497 g/mol. The summed E-state index contributed by atoms with van der Waals surface area (Å²) in [5.41, 5.74) is 2.34. The Balaban J connectivity index is 1.46. The SMILES string of the molecule is O=C(N[C@H](COC(=O)[C@H](Cc1ccccc1)NC(=O)n1cncn1)Cc1ccccc1)c1ccccc1. The third kappa shape index (κ3) is 7.60. The van der Waals surface area contributed by atoms with Crippen LogP contribution in [0.2, 0.25) is 0 Å². The summed E-state index contributed by atoms with van der Waals surface area (Å²) in [7, 11) is 0. The number of nitrogens with one attached hydrogen (secondary N) is 2. The van der Waals surface area contributed by atoms with Crippen LogP contribution in [-0.4, -0.2) is 51.4 Å². The number of esters is 1. The molecule has 0 saturated heterocycles. The van der Waals surface area contributed by atoms with E-state index in [0.29, 0.717) is 12.0 Å². The van der Waals surface area contributed by atoms with Crippen molar-refractivity contribution < 1.29 is 19.1 Å². The van der Waals surface area contributed by atoms with Crippen LogP contribution >= 0.6 is 0 Å². The Kier molecular flexibility index (Phi) is 8.74. The average Bonchev–Trinajstić information content (AvgIpc) is 3.48. The van der Waals surface area contributed by atoms with Gasteiger partial charge in [0.1, 0.15) is 25.3 Å². The van der Waals surface area contributed by atoms with Crippen LogP contribution in [0, 0.1) is 0 Å². The first-order chi connectivity index (χ1) is 18.1. The Hall–Kier alpha value is -4.79. The van der Waals surface area contributed by atoms with Gasteiger partial charge in [0.2, 0.25) is 0 Å². The Labute approximate surface area is 214 Å². The van der Waals surface area contributed by atoms with Crippen LogP contribution in [0.5, 0.6) is 0 Å². The lowest BCUT2D eigenvalue weighted by Gasteiger charge is -2.22. The Morgan fingerprint density at radius 1 is 0.784 bits per heavy atom. The maximum absolute atomic E-state index is 13.2. The van der Waals surface area contributed by atoms with Crippen molar-refractivity contribution in [1.82, 2.24) is 25.4 Å². The first-order valence-electron chi connectivity index (χ1n) is 11.8. The highest BCUT2D eigenvalue weighted by molar-refractivity contribution is 5.94. The molecular formula is C28H27N5O4. The lowest BCUT2D eigenvalue weighted by atomic mass is 10.1. The molecule has 3 aromatic carbocycles. The molecule has 0 aliphatic rings. The molecule has 1 aromatic heterocycles. The summed E-state index contributed by atoms with van der Waals surface area (Å²) in [6.45, 7) is -0.0726. The second kappa shape index (κ2) is 12.8. The maximum Gasteiger partial charge on any atom is 0.344 e. The lowest BCUT2D eigenvalue weighted by molar-refractivity contribution is -0.146. The molecule has 0 radical (unpaired) electrons. The first kappa shape index (κ1) is 25.3. The molecule has 0 spiro atoms. The molecule has 0 bridgehead atoms. The zero-order chi connectivity index (χ0) is 25.9. The molecule has 0 aliphatic heterocycles. The molecule has 4 rings (SSSR count). The molecule has 0 aliphatic carbocycles. The normalized spacial score (nSPS) is 12.2. The second-order valence-corrected chi connectivity index (χ2v) is 8.39. The van der Waals surface area contributed by atoms with E-state index < -0.39 is 24.1 Å². The van der Waals surface area contributed by atoms with Gasteiger partial charge in [-0.3, -0.25) is 4.79 Å². The number of aromatic nitrogens is 3. The van der Waals surface area contributed by atoms with Crippen molar-refractivity contribution in [2.75, 3.05) is 6.61 Å². The van der Waals surface area contributed by atoms with Gasteiger partial charge in [-0.05, 0) is 29.7 Å². The summed E-state index contributed by atoms with van der Waals surface area (Å²) in [6.07, 6.45) is 3.16. The Morgan fingerprint density at radius 2 is 1.38 bits per heavy atom. The van der Waals surface area contributed by atoms with Crippen molar-refractivity contribution in [3.63, 3.8) is 0 Å². The molecule has 1 heterocycles. The summed E-state index contributed by atoms with van der Waals surface area (Å²) in [4.78, 5) is 42.3. The first-order valence-corrected chi connectivity index (χ1v) is 11.8. The predicted molar refractivity (Wildman–Crippen MR) is 137 cm³/mol. The van der Waals surface area contributed by atoms with E-state index in [-0.39, 0.29) is 18.9 Å². The van der Waals surface area contributed by atoms with Crippen molar-refractivity contribution in [2.45, 2.75) is 24.9 Å². The van der Waals surface area contributed by atoms with Crippen LogP contribution < -0.4 is 10.6 Å². The van der Waals surface area contributed by atoms with E-state index in [9.17, 15) is 14.4 Å². The number of hydrogen-bond donors (Lipinski definition) is 2. The number of carbonyl (C=O) groups is 3. The number of carbonyl (C=O) groups excluding carboxylic acids is 3. The zero-order valence-corrected chi connectivity index (χ0v) is 20.1. The Morgan fingerprint density at radius 3 is 1.97 bits per heavy atom. The van der Waals surface area contributed by atoms with E-state index in [1.165, 1.54) is 12.7 Å². The van der Waals surface area contributed by atoms with E-state index in [1.54, 1.807) is 24.3 Å². The fraction of sp³-hybridized carbons (Fsp3) is 0.179. The minimum atomic E-state index is -0.971. The summed E-state index contributed by atoms with van der Waals surface area (Å²) < 4.78 is 6.66. The molecule has 188 valence electrons. The number of hydrogen-bond acceptors (Lipinski definition) is 6. The number of amides is 2. The van der Waals surface area contributed by atoms with Gasteiger partial charge in [-0.15, -0.1) is 0 Å². The second-order valence-electron chi connectivity index (χ2n) is 8.39. The molecule has 0 fully saturated rings. The van der Waals surface area contributed by atoms with E-state index >= 15 is 0 Å². The quantitative estimate of drug-likeness (QED) is 0.326. The Bertz CT molecular complexity index is 1280. The predicted octanol–water partition coefficient (Wildman–Crippen LogP) is 3.03. The van der Waals surface area contributed by atoms with Gasteiger partial charge < -0.3 is 15.4 Å². The highest BCUT2D eigenvalue weighted by Crippen LogP contribution is 2.09. The van der Waals surface area contributed by atoms with Crippen LogP contribution in [0.3, 0.4) is 0 Å². The molecule has 9 heteroatoms. The maximum atomic E-state index is 13.2. The molecule has 9 nitrogen and oxygen atoms in total. The molecule has 4 aromatic rings. The fourth-order valence-corrected chi connectivity index (χ4v) is 3.76. The molecule has 37 heavy (non-hydrogen) atoms. The minimum Gasteiger partial charge on any atom is -0.462 e. The molecule has 2 N–H and O–H groups in total. The largest absolute Gasteiger partial charge is 0.462 e. The number of benzene rings is 3. The minimum absolute atomic E-state index is 0.0726.